The molecule has 0 saturated carbocycles. The number of hydrogen-bond donors (Lipinski definition) is 3. The van der Waals surface area contributed by atoms with Crippen LogP contribution in [0.25, 0.3) is 0 Å². The van der Waals surface area contributed by atoms with E-state index in [0.29, 0.717) is 38.8 Å². The zero-order valence-electron chi connectivity index (χ0n) is 20.3. The number of nitrogens with one attached hydrogen (secondary N) is 3. The Kier molecular flexibility index (Phi) is 11.7. The number of unbranched alkanes of at least 4 members (excludes halogenated alkanes) is 1. The zero-order valence-corrected chi connectivity index (χ0v) is 21.9. The molecule has 2 rings (SSSR count). The first kappa shape index (κ1) is 29.6. The molecule has 0 fully saturated rings. The maximum atomic E-state index is 13.1. The predicted octanol–water partition coefficient (Wildman–Crippen LogP) is 3.81. The SMILES string of the molecule is CC(C)C[C@H](NCCc1cccc([N+](=O)[O-])c1)C(=O)NCCCCNS(=O)(=O)c1ccc(F)cc1Cl. The van der Waals surface area contributed by atoms with Crippen LogP contribution in [0.3, 0.4) is 0 Å². The van der Waals surface area contributed by atoms with Gasteiger partial charge in [0, 0.05) is 25.2 Å². The van der Waals surface area contributed by atoms with E-state index in [1.54, 1.807) is 6.07 Å². The van der Waals surface area contributed by atoms with Crippen molar-refractivity contribution in [1.29, 1.82) is 0 Å². The summed E-state index contributed by atoms with van der Waals surface area (Å²) in [5.74, 6) is -0.496. The lowest BCUT2D eigenvalue weighted by atomic mass is 10.0. The van der Waals surface area contributed by atoms with Gasteiger partial charge in [-0.25, -0.2) is 17.5 Å². The van der Waals surface area contributed by atoms with Crippen molar-refractivity contribution in [2.45, 2.75) is 50.5 Å². The number of nitro benzene ring substituents is 1. The van der Waals surface area contributed by atoms with Crippen molar-refractivity contribution in [3.8, 4) is 0 Å². The third kappa shape index (κ3) is 9.81. The van der Waals surface area contributed by atoms with Gasteiger partial charge in [-0.05, 0) is 61.9 Å². The molecule has 1 amide bonds. The van der Waals surface area contributed by atoms with Crippen LogP contribution < -0.4 is 15.4 Å². The molecule has 2 aromatic rings. The molecule has 0 bridgehead atoms. The lowest BCUT2D eigenvalue weighted by Gasteiger charge is -2.20. The molecule has 3 N–H and O–H groups in total. The highest BCUT2D eigenvalue weighted by Gasteiger charge is 2.20. The van der Waals surface area contributed by atoms with Crippen molar-refractivity contribution in [2.24, 2.45) is 5.92 Å². The van der Waals surface area contributed by atoms with E-state index < -0.39 is 26.8 Å². The fourth-order valence-electron chi connectivity index (χ4n) is 3.53. The molecule has 36 heavy (non-hydrogen) atoms. The lowest BCUT2D eigenvalue weighted by Crippen LogP contribution is -2.46. The summed E-state index contributed by atoms with van der Waals surface area (Å²) >= 11 is 5.83. The number of hydrogen-bond acceptors (Lipinski definition) is 6. The van der Waals surface area contributed by atoms with Crippen LogP contribution in [0.4, 0.5) is 10.1 Å². The van der Waals surface area contributed by atoms with Crippen LogP contribution in [0.15, 0.2) is 47.4 Å². The topological polar surface area (TPSA) is 130 Å². The number of halogens is 2. The number of carbonyl (C=O) groups excluding carboxylic acids is 1. The minimum absolute atomic E-state index is 0.0343. The van der Waals surface area contributed by atoms with Crippen LogP contribution in [0.1, 0.15) is 38.7 Å². The third-order valence-corrected chi connectivity index (χ3v) is 7.27. The molecule has 9 nitrogen and oxygen atoms in total. The molecule has 198 valence electrons. The minimum atomic E-state index is -3.86. The van der Waals surface area contributed by atoms with Crippen molar-refractivity contribution >= 4 is 33.2 Å². The third-order valence-electron chi connectivity index (χ3n) is 5.33. The average molecular weight is 543 g/mol. The van der Waals surface area contributed by atoms with Gasteiger partial charge in [0.15, 0.2) is 0 Å². The van der Waals surface area contributed by atoms with Crippen molar-refractivity contribution in [3.63, 3.8) is 0 Å². The van der Waals surface area contributed by atoms with Gasteiger partial charge in [0.1, 0.15) is 10.7 Å². The molecule has 0 aliphatic heterocycles. The Labute approximate surface area is 216 Å². The normalized spacial score (nSPS) is 12.5. The number of non-ortho nitro benzene ring substituents is 1. The van der Waals surface area contributed by atoms with Crippen molar-refractivity contribution in [3.05, 3.63) is 69.0 Å². The van der Waals surface area contributed by atoms with Gasteiger partial charge in [-0.1, -0.05) is 37.6 Å². The van der Waals surface area contributed by atoms with Gasteiger partial charge in [-0.15, -0.1) is 0 Å². The molecule has 0 aliphatic carbocycles. The van der Waals surface area contributed by atoms with Crippen LogP contribution in [0, 0.1) is 21.8 Å². The molecule has 1 atom stereocenters. The van der Waals surface area contributed by atoms with E-state index in [1.807, 2.05) is 19.9 Å². The van der Waals surface area contributed by atoms with Crippen LogP contribution in [0.2, 0.25) is 5.02 Å². The number of nitro groups is 1. The maximum Gasteiger partial charge on any atom is 0.269 e. The van der Waals surface area contributed by atoms with E-state index in [9.17, 15) is 27.7 Å². The summed E-state index contributed by atoms with van der Waals surface area (Å²) < 4.78 is 40.2. The highest BCUT2D eigenvalue weighted by Crippen LogP contribution is 2.22. The van der Waals surface area contributed by atoms with Crippen molar-refractivity contribution < 1.29 is 22.5 Å². The van der Waals surface area contributed by atoms with Crippen LogP contribution >= 0.6 is 11.6 Å². The fraction of sp³-hybridized carbons (Fsp3) is 0.458. The molecule has 0 aliphatic rings. The van der Waals surface area contributed by atoms with Crippen LogP contribution in [-0.4, -0.2) is 44.9 Å². The number of nitrogens with zero attached hydrogens (tertiary/aromatic N) is 1. The minimum Gasteiger partial charge on any atom is -0.355 e. The Hall–Kier alpha value is -2.60. The molecule has 0 unspecified atom stereocenters. The van der Waals surface area contributed by atoms with E-state index >= 15 is 0 Å². The molecule has 0 spiro atoms. The van der Waals surface area contributed by atoms with E-state index in [0.717, 1.165) is 23.8 Å². The second-order valence-corrected chi connectivity index (χ2v) is 10.9. The second-order valence-electron chi connectivity index (χ2n) is 8.78. The molecule has 0 radical (unpaired) electrons. The Balaban J connectivity index is 1.75. The van der Waals surface area contributed by atoms with Crippen LogP contribution in [-0.2, 0) is 21.2 Å². The average Bonchev–Trinajstić information content (AvgIpc) is 2.80. The molecule has 0 heterocycles. The highest BCUT2D eigenvalue weighted by atomic mass is 35.5. The van der Waals surface area contributed by atoms with Gasteiger partial charge in [0.2, 0.25) is 15.9 Å². The van der Waals surface area contributed by atoms with E-state index in [2.05, 4.69) is 15.4 Å². The Bertz CT molecular complexity index is 1150. The maximum absolute atomic E-state index is 13.1. The summed E-state index contributed by atoms with van der Waals surface area (Å²) in [6.07, 6.45) is 2.20. The van der Waals surface area contributed by atoms with Crippen LogP contribution in [0.5, 0.6) is 0 Å². The van der Waals surface area contributed by atoms with Crippen molar-refractivity contribution in [1.82, 2.24) is 15.4 Å². The number of sulfonamides is 1. The zero-order chi connectivity index (χ0) is 26.7. The Morgan fingerprint density at radius 3 is 2.50 bits per heavy atom. The summed E-state index contributed by atoms with van der Waals surface area (Å²) in [6, 6.07) is 9.08. The molecular formula is C24H32ClFN4O5S. The number of benzene rings is 2. The smallest absolute Gasteiger partial charge is 0.269 e. The monoisotopic (exact) mass is 542 g/mol. The standard InChI is InChI=1S/C24H32ClFN4O5S/c1-17(2)14-22(27-13-10-18-6-5-7-20(15-18)30(32)33)24(31)28-11-3-4-12-29-36(34,35)23-9-8-19(26)16-21(23)25/h5-9,15-17,22,27,29H,3-4,10-14H2,1-2H3,(H,28,31)/t22-/m0/s1. The molecule has 0 aromatic heterocycles. The second kappa shape index (κ2) is 14.2. The first-order chi connectivity index (χ1) is 17.0. The van der Waals surface area contributed by atoms with Gasteiger partial charge < -0.3 is 10.6 Å². The van der Waals surface area contributed by atoms with Gasteiger partial charge in [-0.3, -0.25) is 14.9 Å². The molecular weight excluding hydrogens is 511 g/mol. The predicted molar refractivity (Wildman–Crippen MR) is 137 cm³/mol. The van der Waals surface area contributed by atoms with E-state index in [4.69, 9.17) is 11.6 Å². The van der Waals surface area contributed by atoms with Gasteiger partial charge in [-0.2, -0.15) is 0 Å². The number of amides is 1. The number of carbonyl (C=O) groups is 1. The molecule has 0 saturated heterocycles. The van der Waals surface area contributed by atoms with E-state index in [1.165, 1.54) is 12.1 Å². The van der Waals surface area contributed by atoms with E-state index in [-0.39, 0.29) is 34.0 Å². The summed E-state index contributed by atoms with van der Waals surface area (Å²) in [6.45, 7) is 5.03. The highest BCUT2D eigenvalue weighted by molar-refractivity contribution is 7.89. The first-order valence-corrected chi connectivity index (χ1v) is 13.5. The van der Waals surface area contributed by atoms with Gasteiger partial charge in [0.05, 0.1) is 16.0 Å². The lowest BCUT2D eigenvalue weighted by molar-refractivity contribution is -0.384. The van der Waals surface area contributed by atoms with Gasteiger partial charge in [0.25, 0.3) is 5.69 Å². The molecule has 2 aromatic carbocycles. The summed E-state index contributed by atoms with van der Waals surface area (Å²) in [4.78, 5) is 23.0. The Morgan fingerprint density at radius 1 is 1.11 bits per heavy atom. The van der Waals surface area contributed by atoms with Gasteiger partial charge >= 0.3 is 0 Å². The number of rotatable bonds is 15. The Morgan fingerprint density at radius 2 is 1.83 bits per heavy atom. The summed E-state index contributed by atoms with van der Waals surface area (Å²) in [5, 5.41) is 16.9. The fourth-order valence-corrected chi connectivity index (χ4v) is 5.14. The largest absolute Gasteiger partial charge is 0.355 e. The summed E-state index contributed by atoms with van der Waals surface area (Å²) in [7, 11) is -3.86. The van der Waals surface area contributed by atoms with Crippen molar-refractivity contribution in [2.75, 3.05) is 19.6 Å². The first-order valence-electron chi connectivity index (χ1n) is 11.7. The summed E-state index contributed by atoms with van der Waals surface area (Å²) in [5.41, 5.74) is 0.844. The quantitative estimate of drug-likeness (QED) is 0.178. The molecule has 12 heteroatoms.